The summed E-state index contributed by atoms with van der Waals surface area (Å²) in [5.74, 6) is -1.06. The van der Waals surface area contributed by atoms with Gasteiger partial charge in [-0.3, -0.25) is 0 Å². The summed E-state index contributed by atoms with van der Waals surface area (Å²) in [7, 11) is 1.59. The van der Waals surface area contributed by atoms with E-state index in [0.717, 1.165) is 5.56 Å². The number of carbonyl (C=O) groups excluding carboxylic acids is 1. The van der Waals surface area contributed by atoms with Gasteiger partial charge in [-0.2, -0.15) is 0 Å². The molecule has 0 heterocycles. The number of carboxylic acid groups (broad SMARTS) is 1. The molecule has 0 saturated heterocycles. The van der Waals surface area contributed by atoms with Gasteiger partial charge in [0.2, 0.25) is 0 Å². The fraction of sp³-hybridized carbons (Fsp3) is 0.467. The lowest BCUT2D eigenvalue weighted by molar-refractivity contribution is -0.139. The molecule has 0 aliphatic heterocycles. The number of nitrogens with one attached hydrogen (secondary N) is 2. The molecule has 21 heavy (non-hydrogen) atoms. The quantitative estimate of drug-likeness (QED) is 0.676. The second kappa shape index (κ2) is 8.97. The predicted octanol–water partition coefficient (Wildman–Crippen LogP) is 1.41. The van der Waals surface area contributed by atoms with Crippen molar-refractivity contribution >= 4 is 12.0 Å². The normalized spacial score (nSPS) is 13.2. The lowest BCUT2D eigenvalue weighted by Crippen LogP contribution is -2.49. The van der Waals surface area contributed by atoms with Gasteiger partial charge in [0.1, 0.15) is 6.04 Å². The Labute approximate surface area is 124 Å². The number of ether oxygens (including phenoxy) is 1. The Bertz CT molecular complexity index is 450. The number of hydrogen-bond donors (Lipinski definition) is 3. The Kier molecular flexibility index (Phi) is 7.25. The van der Waals surface area contributed by atoms with Crippen LogP contribution in [0.1, 0.15) is 18.9 Å². The van der Waals surface area contributed by atoms with Crippen molar-refractivity contribution < 1.29 is 19.4 Å². The lowest BCUT2D eigenvalue weighted by Gasteiger charge is -2.18. The van der Waals surface area contributed by atoms with Crippen LogP contribution in [0.25, 0.3) is 0 Å². The average molecular weight is 294 g/mol. The van der Waals surface area contributed by atoms with E-state index in [1.807, 2.05) is 37.3 Å². The molecule has 0 aromatic heterocycles. The van der Waals surface area contributed by atoms with Gasteiger partial charge in [-0.25, -0.2) is 9.59 Å². The van der Waals surface area contributed by atoms with Crippen molar-refractivity contribution in [2.45, 2.75) is 31.8 Å². The number of carbonyl (C=O) groups is 2. The van der Waals surface area contributed by atoms with Gasteiger partial charge in [0.15, 0.2) is 0 Å². The van der Waals surface area contributed by atoms with Crippen molar-refractivity contribution in [1.29, 1.82) is 0 Å². The first-order valence-electron chi connectivity index (χ1n) is 6.85. The Balaban J connectivity index is 2.50. The number of hydrogen-bond acceptors (Lipinski definition) is 3. The van der Waals surface area contributed by atoms with E-state index >= 15 is 0 Å². The van der Waals surface area contributed by atoms with E-state index in [-0.39, 0.29) is 12.5 Å². The smallest absolute Gasteiger partial charge is 0.326 e. The van der Waals surface area contributed by atoms with Gasteiger partial charge in [-0.05, 0) is 18.9 Å². The lowest BCUT2D eigenvalue weighted by atomic mass is 10.1. The second-order valence-electron chi connectivity index (χ2n) is 4.88. The molecule has 6 heteroatoms. The van der Waals surface area contributed by atoms with E-state index in [0.29, 0.717) is 13.0 Å². The van der Waals surface area contributed by atoms with Crippen molar-refractivity contribution in [1.82, 2.24) is 10.6 Å². The molecular formula is C15H22N2O4. The topological polar surface area (TPSA) is 87.7 Å². The molecule has 0 spiro atoms. The van der Waals surface area contributed by atoms with Gasteiger partial charge in [-0.1, -0.05) is 30.3 Å². The first kappa shape index (κ1) is 17.0. The number of urea groups is 1. The zero-order chi connectivity index (χ0) is 15.7. The van der Waals surface area contributed by atoms with E-state index in [1.165, 1.54) is 0 Å². The molecule has 1 aromatic carbocycles. The Hall–Kier alpha value is -2.08. The summed E-state index contributed by atoms with van der Waals surface area (Å²) in [6, 6.07) is 7.66. The van der Waals surface area contributed by atoms with Crippen molar-refractivity contribution in [3.63, 3.8) is 0 Å². The average Bonchev–Trinajstić information content (AvgIpc) is 2.45. The molecule has 0 fully saturated rings. The summed E-state index contributed by atoms with van der Waals surface area (Å²) in [4.78, 5) is 23.0. The first-order valence-corrected chi connectivity index (χ1v) is 6.85. The summed E-state index contributed by atoms with van der Waals surface area (Å²) in [6.45, 7) is 2.37. The van der Waals surface area contributed by atoms with Crippen LogP contribution in [-0.2, 0) is 16.0 Å². The molecule has 2 atom stereocenters. The highest BCUT2D eigenvalue weighted by atomic mass is 16.5. The molecule has 0 saturated carbocycles. The SMILES string of the molecule is COCCC(C)NC(=O)N[C@H](Cc1ccccc1)C(=O)O. The molecule has 0 aliphatic carbocycles. The van der Waals surface area contributed by atoms with Gasteiger partial charge in [-0.15, -0.1) is 0 Å². The number of rotatable bonds is 8. The van der Waals surface area contributed by atoms with Crippen LogP contribution in [0, 0.1) is 0 Å². The molecule has 116 valence electrons. The van der Waals surface area contributed by atoms with Gasteiger partial charge < -0.3 is 20.5 Å². The minimum absolute atomic E-state index is 0.0869. The second-order valence-corrected chi connectivity index (χ2v) is 4.88. The standard InChI is InChI=1S/C15H22N2O4/c1-11(8-9-21-2)16-15(20)17-13(14(18)19)10-12-6-4-3-5-7-12/h3-7,11,13H,8-10H2,1-2H3,(H,18,19)(H2,16,17,20)/t11?,13-/m1/s1. The Morgan fingerprint density at radius 2 is 1.90 bits per heavy atom. The zero-order valence-electron chi connectivity index (χ0n) is 12.3. The van der Waals surface area contributed by atoms with E-state index < -0.39 is 18.0 Å². The van der Waals surface area contributed by atoms with Gasteiger partial charge in [0.25, 0.3) is 0 Å². The summed E-state index contributed by atoms with van der Waals surface area (Å²) in [5, 5.41) is 14.4. The molecule has 1 aromatic rings. The minimum Gasteiger partial charge on any atom is -0.480 e. The molecule has 6 nitrogen and oxygen atoms in total. The van der Waals surface area contributed by atoms with Crippen molar-refractivity contribution in [3.05, 3.63) is 35.9 Å². The number of benzene rings is 1. The maximum absolute atomic E-state index is 11.8. The molecule has 0 radical (unpaired) electrons. The van der Waals surface area contributed by atoms with Crippen LogP contribution in [0.4, 0.5) is 4.79 Å². The summed E-state index contributed by atoms with van der Waals surface area (Å²) in [5.41, 5.74) is 0.859. The van der Waals surface area contributed by atoms with E-state index in [1.54, 1.807) is 7.11 Å². The van der Waals surface area contributed by atoms with E-state index in [2.05, 4.69) is 10.6 Å². The van der Waals surface area contributed by atoms with Crippen molar-refractivity contribution in [2.75, 3.05) is 13.7 Å². The third kappa shape index (κ3) is 6.76. The highest BCUT2D eigenvalue weighted by Crippen LogP contribution is 2.03. The number of amides is 2. The van der Waals surface area contributed by atoms with Crippen LogP contribution >= 0.6 is 0 Å². The Morgan fingerprint density at radius 1 is 1.24 bits per heavy atom. The first-order chi connectivity index (χ1) is 10.0. The predicted molar refractivity (Wildman–Crippen MR) is 79.2 cm³/mol. The van der Waals surface area contributed by atoms with Crippen molar-refractivity contribution in [2.24, 2.45) is 0 Å². The number of aliphatic carboxylic acids is 1. The Morgan fingerprint density at radius 3 is 2.48 bits per heavy atom. The summed E-state index contributed by atoms with van der Waals surface area (Å²) in [6.07, 6.45) is 0.913. The highest BCUT2D eigenvalue weighted by molar-refractivity contribution is 5.82. The summed E-state index contributed by atoms with van der Waals surface area (Å²) < 4.78 is 4.93. The molecular weight excluding hydrogens is 272 g/mol. The molecule has 1 unspecified atom stereocenters. The van der Waals surface area contributed by atoms with Crippen LogP contribution in [0.3, 0.4) is 0 Å². The largest absolute Gasteiger partial charge is 0.480 e. The maximum Gasteiger partial charge on any atom is 0.326 e. The van der Waals surface area contributed by atoms with Crippen molar-refractivity contribution in [3.8, 4) is 0 Å². The minimum atomic E-state index is -1.06. The highest BCUT2D eigenvalue weighted by Gasteiger charge is 2.20. The fourth-order valence-corrected chi connectivity index (χ4v) is 1.84. The van der Waals surface area contributed by atoms with Crippen LogP contribution in [0.5, 0.6) is 0 Å². The van der Waals surface area contributed by atoms with Gasteiger partial charge >= 0.3 is 12.0 Å². The third-order valence-electron chi connectivity index (χ3n) is 3.02. The van der Waals surface area contributed by atoms with Crippen LogP contribution in [0.15, 0.2) is 30.3 Å². The third-order valence-corrected chi connectivity index (χ3v) is 3.02. The van der Waals surface area contributed by atoms with E-state index in [9.17, 15) is 14.7 Å². The summed E-state index contributed by atoms with van der Waals surface area (Å²) >= 11 is 0. The molecule has 0 bridgehead atoms. The molecule has 1 rings (SSSR count). The maximum atomic E-state index is 11.8. The van der Waals surface area contributed by atoms with Crippen LogP contribution < -0.4 is 10.6 Å². The van der Waals surface area contributed by atoms with Crippen LogP contribution in [0.2, 0.25) is 0 Å². The van der Waals surface area contributed by atoms with Crippen LogP contribution in [-0.4, -0.2) is 42.9 Å². The van der Waals surface area contributed by atoms with Gasteiger partial charge in [0, 0.05) is 26.2 Å². The van der Waals surface area contributed by atoms with Gasteiger partial charge in [0.05, 0.1) is 0 Å². The molecule has 2 amide bonds. The molecule has 0 aliphatic rings. The van der Waals surface area contributed by atoms with E-state index in [4.69, 9.17) is 4.74 Å². The zero-order valence-corrected chi connectivity index (χ0v) is 12.3. The molecule has 3 N–H and O–H groups in total. The number of carboxylic acids is 1. The monoisotopic (exact) mass is 294 g/mol. The fourth-order valence-electron chi connectivity index (χ4n) is 1.84. The number of methoxy groups -OCH3 is 1.